The molecule has 4 heteroatoms. The van der Waals surface area contributed by atoms with Gasteiger partial charge >= 0.3 is 0 Å². The molecular formula is C13H11BrN2O. The standard InChI is InChI=1S/C13H11BrN2O/c1-9(14)8-16-13(17)11-4-2-6-12-10(11)5-3-7-15-12/h2-7H,1,8H2,(H,16,17). The number of pyridine rings is 1. The van der Waals surface area contributed by atoms with Crippen LogP contribution in [0, 0.1) is 0 Å². The van der Waals surface area contributed by atoms with Gasteiger partial charge in [0.05, 0.1) is 5.52 Å². The Balaban J connectivity index is 2.35. The van der Waals surface area contributed by atoms with E-state index in [4.69, 9.17) is 0 Å². The first-order valence-corrected chi connectivity index (χ1v) is 5.93. The van der Waals surface area contributed by atoms with Crippen LogP contribution in [0.1, 0.15) is 10.4 Å². The molecule has 2 rings (SSSR count). The molecule has 1 N–H and O–H groups in total. The second-order valence-corrected chi connectivity index (χ2v) is 4.70. The van der Waals surface area contributed by atoms with Crippen LogP contribution in [0.5, 0.6) is 0 Å². The number of nitrogens with one attached hydrogen (secondary N) is 1. The number of rotatable bonds is 3. The molecule has 1 amide bonds. The summed E-state index contributed by atoms with van der Waals surface area (Å²) in [6, 6.07) is 9.21. The van der Waals surface area contributed by atoms with Gasteiger partial charge in [0.2, 0.25) is 0 Å². The van der Waals surface area contributed by atoms with Crippen LogP contribution in [0.2, 0.25) is 0 Å². The number of fused-ring (bicyclic) bond motifs is 1. The predicted molar refractivity (Wildman–Crippen MR) is 72.1 cm³/mol. The molecule has 0 radical (unpaired) electrons. The van der Waals surface area contributed by atoms with Crippen LogP contribution in [0.15, 0.2) is 47.6 Å². The van der Waals surface area contributed by atoms with Crippen molar-refractivity contribution in [1.82, 2.24) is 10.3 Å². The minimum absolute atomic E-state index is 0.121. The molecule has 86 valence electrons. The highest BCUT2D eigenvalue weighted by Crippen LogP contribution is 2.16. The maximum atomic E-state index is 12.0. The maximum Gasteiger partial charge on any atom is 0.252 e. The number of amides is 1. The summed E-state index contributed by atoms with van der Waals surface area (Å²) < 4.78 is 0.740. The minimum atomic E-state index is -0.121. The molecule has 1 aromatic heterocycles. The van der Waals surface area contributed by atoms with Crippen LogP contribution in [0.4, 0.5) is 0 Å². The molecule has 3 nitrogen and oxygen atoms in total. The van der Waals surface area contributed by atoms with E-state index in [0.29, 0.717) is 12.1 Å². The molecule has 1 heterocycles. The summed E-state index contributed by atoms with van der Waals surface area (Å²) in [5.41, 5.74) is 1.45. The second-order valence-electron chi connectivity index (χ2n) is 3.58. The molecule has 0 aliphatic rings. The highest BCUT2D eigenvalue weighted by Gasteiger charge is 2.09. The zero-order valence-corrected chi connectivity index (χ0v) is 10.7. The summed E-state index contributed by atoms with van der Waals surface area (Å²) in [5.74, 6) is -0.121. The fourth-order valence-electron chi connectivity index (χ4n) is 1.57. The first-order valence-electron chi connectivity index (χ1n) is 5.13. The van der Waals surface area contributed by atoms with Gasteiger partial charge in [0, 0.05) is 28.2 Å². The SMILES string of the molecule is C=C(Br)CNC(=O)c1cccc2ncccc12. The number of halogens is 1. The van der Waals surface area contributed by atoms with Crippen molar-refractivity contribution < 1.29 is 4.79 Å². The van der Waals surface area contributed by atoms with Crippen molar-refractivity contribution in [3.8, 4) is 0 Å². The maximum absolute atomic E-state index is 12.0. The monoisotopic (exact) mass is 290 g/mol. The number of carbonyl (C=O) groups is 1. The van der Waals surface area contributed by atoms with Gasteiger partial charge in [-0.1, -0.05) is 34.6 Å². The summed E-state index contributed by atoms with van der Waals surface area (Å²) >= 11 is 3.20. The molecule has 0 unspecified atom stereocenters. The van der Waals surface area contributed by atoms with Gasteiger partial charge in [-0.3, -0.25) is 9.78 Å². The van der Waals surface area contributed by atoms with E-state index in [0.717, 1.165) is 15.4 Å². The zero-order chi connectivity index (χ0) is 12.3. The molecule has 0 spiro atoms. The van der Waals surface area contributed by atoms with Gasteiger partial charge in [0.25, 0.3) is 5.91 Å². The summed E-state index contributed by atoms with van der Waals surface area (Å²) in [7, 11) is 0. The van der Waals surface area contributed by atoms with E-state index in [-0.39, 0.29) is 5.91 Å². The van der Waals surface area contributed by atoms with Crippen LogP contribution in [-0.4, -0.2) is 17.4 Å². The molecule has 0 saturated carbocycles. The molecule has 17 heavy (non-hydrogen) atoms. The summed E-state index contributed by atoms with van der Waals surface area (Å²) in [6.45, 7) is 4.08. The minimum Gasteiger partial charge on any atom is -0.347 e. The third-order valence-corrected chi connectivity index (χ3v) is 2.61. The van der Waals surface area contributed by atoms with Crippen LogP contribution < -0.4 is 5.32 Å². The predicted octanol–water partition coefficient (Wildman–Crippen LogP) is 2.87. The van der Waals surface area contributed by atoms with Crippen LogP contribution in [-0.2, 0) is 0 Å². The van der Waals surface area contributed by atoms with Gasteiger partial charge in [-0.2, -0.15) is 0 Å². The van der Waals surface area contributed by atoms with Crippen molar-refractivity contribution in [3.05, 3.63) is 53.2 Å². The number of aromatic nitrogens is 1. The molecule has 1 aromatic carbocycles. The van der Waals surface area contributed by atoms with Gasteiger partial charge in [-0.05, 0) is 18.2 Å². The summed E-state index contributed by atoms with van der Waals surface area (Å²) in [6.07, 6.45) is 1.71. The van der Waals surface area contributed by atoms with E-state index in [1.54, 1.807) is 12.3 Å². The van der Waals surface area contributed by atoms with E-state index in [9.17, 15) is 4.79 Å². The average molecular weight is 291 g/mol. The fourth-order valence-corrected chi connectivity index (χ4v) is 1.71. The highest BCUT2D eigenvalue weighted by molar-refractivity contribution is 9.11. The molecule has 0 saturated heterocycles. The Hall–Kier alpha value is -1.68. The van der Waals surface area contributed by atoms with Crippen molar-refractivity contribution in [1.29, 1.82) is 0 Å². The van der Waals surface area contributed by atoms with Gasteiger partial charge in [0.1, 0.15) is 0 Å². The number of carbonyl (C=O) groups excluding carboxylic acids is 1. The largest absolute Gasteiger partial charge is 0.347 e. The number of hydrogen-bond donors (Lipinski definition) is 1. The zero-order valence-electron chi connectivity index (χ0n) is 9.11. The molecular weight excluding hydrogens is 280 g/mol. The van der Waals surface area contributed by atoms with Crippen molar-refractivity contribution in [2.75, 3.05) is 6.54 Å². The van der Waals surface area contributed by atoms with Crippen molar-refractivity contribution >= 4 is 32.7 Å². The molecule has 0 bridgehead atoms. The smallest absolute Gasteiger partial charge is 0.252 e. The van der Waals surface area contributed by atoms with Crippen molar-refractivity contribution in [2.24, 2.45) is 0 Å². The van der Waals surface area contributed by atoms with Gasteiger partial charge in [-0.15, -0.1) is 0 Å². The van der Waals surface area contributed by atoms with Crippen LogP contribution in [0.3, 0.4) is 0 Å². The van der Waals surface area contributed by atoms with Crippen LogP contribution in [0.25, 0.3) is 10.9 Å². The lowest BCUT2D eigenvalue weighted by Crippen LogP contribution is -2.24. The van der Waals surface area contributed by atoms with Crippen LogP contribution >= 0.6 is 15.9 Å². The van der Waals surface area contributed by atoms with E-state index >= 15 is 0 Å². The Bertz CT molecular complexity index is 575. The van der Waals surface area contributed by atoms with Gasteiger partial charge in [0.15, 0.2) is 0 Å². The van der Waals surface area contributed by atoms with Crippen molar-refractivity contribution in [3.63, 3.8) is 0 Å². The van der Waals surface area contributed by atoms with Gasteiger partial charge in [-0.25, -0.2) is 0 Å². The topological polar surface area (TPSA) is 42.0 Å². The average Bonchev–Trinajstić information content (AvgIpc) is 2.35. The van der Waals surface area contributed by atoms with Gasteiger partial charge < -0.3 is 5.32 Å². The second kappa shape index (κ2) is 5.10. The Morgan fingerprint density at radius 1 is 1.35 bits per heavy atom. The molecule has 0 fully saturated rings. The first kappa shape index (κ1) is 11.8. The van der Waals surface area contributed by atoms with Crippen molar-refractivity contribution in [2.45, 2.75) is 0 Å². The lowest BCUT2D eigenvalue weighted by molar-refractivity contribution is 0.0959. The fraction of sp³-hybridized carbons (Fsp3) is 0.0769. The lowest BCUT2D eigenvalue weighted by Gasteiger charge is -2.06. The Kier molecular flexibility index (Phi) is 3.54. The first-order chi connectivity index (χ1) is 8.18. The summed E-state index contributed by atoms with van der Waals surface area (Å²) in [4.78, 5) is 16.2. The molecule has 0 atom stereocenters. The Morgan fingerprint density at radius 2 is 2.18 bits per heavy atom. The van der Waals surface area contributed by atoms with E-state index in [1.807, 2.05) is 24.3 Å². The van der Waals surface area contributed by atoms with E-state index in [2.05, 4.69) is 32.8 Å². The lowest BCUT2D eigenvalue weighted by atomic mass is 10.1. The molecule has 0 aliphatic heterocycles. The quantitative estimate of drug-likeness (QED) is 0.944. The third kappa shape index (κ3) is 2.71. The molecule has 0 aliphatic carbocycles. The normalized spacial score (nSPS) is 10.2. The Labute approximate surface area is 108 Å². The van der Waals surface area contributed by atoms with E-state index < -0.39 is 0 Å². The number of hydrogen-bond acceptors (Lipinski definition) is 2. The highest BCUT2D eigenvalue weighted by atomic mass is 79.9. The molecule has 2 aromatic rings. The van der Waals surface area contributed by atoms with E-state index in [1.165, 1.54) is 0 Å². The number of benzene rings is 1. The number of nitrogens with zero attached hydrogens (tertiary/aromatic N) is 1. The Morgan fingerprint density at radius 3 is 2.94 bits per heavy atom. The summed E-state index contributed by atoms with van der Waals surface area (Å²) in [5, 5.41) is 3.63. The third-order valence-electron chi connectivity index (χ3n) is 2.33.